The summed E-state index contributed by atoms with van der Waals surface area (Å²) in [6.07, 6.45) is 28.0. The lowest BCUT2D eigenvalue weighted by molar-refractivity contribution is 0.989. The molecule has 49 heavy (non-hydrogen) atoms. The van der Waals surface area contributed by atoms with Crippen LogP contribution in [-0.4, -0.2) is 0 Å². The van der Waals surface area contributed by atoms with Gasteiger partial charge in [0.25, 0.3) is 0 Å². The molecule has 236 valence electrons. The van der Waals surface area contributed by atoms with Crippen LogP contribution in [0.5, 0.6) is 0 Å². The van der Waals surface area contributed by atoms with E-state index in [2.05, 4.69) is 192 Å². The Labute approximate surface area is 289 Å². The molecule has 2 unspecified atom stereocenters. The summed E-state index contributed by atoms with van der Waals surface area (Å²) in [5, 5.41) is 2.48. The van der Waals surface area contributed by atoms with Crippen LogP contribution in [0.25, 0.3) is 22.4 Å². The number of nitrogens with zero attached hydrogens (tertiary/aromatic N) is 2. The number of anilines is 4. The zero-order chi connectivity index (χ0) is 32.6. The Morgan fingerprint density at radius 1 is 0.551 bits per heavy atom. The minimum absolute atomic E-state index is 0.624. The molecule has 5 aromatic rings. The van der Waals surface area contributed by atoms with Gasteiger partial charge < -0.3 is 9.80 Å². The molecule has 2 heteroatoms. The Balaban J connectivity index is 1.08. The minimum atomic E-state index is 0.624. The summed E-state index contributed by atoms with van der Waals surface area (Å²) in [6.45, 7) is 0. The van der Waals surface area contributed by atoms with Crippen molar-refractivity contribution < 1.29 is 0 Å². The van der Waals surface area contributed by atoms with E-state index in [1.807, 2.05) is 0 Å². The molecular formula is C47H38N2. The Morgan fingerprint density at radius 2 is 1.31 bits per heavy atom. The van der Waals surface area contributed by atoms with Gasteiger partial charge in [-0.15, -0.1) is 0 Å². The number of benzene rings is 5. The lowest BCUT2D eigenvalue weighted by Crippen LogP contribution is -2.20. The van der Waals surface area contributed by atoms with Crippen LogP contribution < -0.4 is 9.80 Å². The van der Waals surface area contributed by atoms with Crippen LogP contribution in [0.2, 0.25) is 0 Å². The zero-order valence-electron chi connectivity index (χ0n) is 27.5. The number of fused-ring (bicyclic) bond motifs is 4. The highest BCUT2D eigenvalue weighted by molar-refractivity contribution is 5.96. The van der Waals surface area contributed by atoms with Crippen LogP contribution in [0.15, 0.2) is 187 Å². The largest absolute Gasteiger partial charge is 0.310 e. The van der Waals surface area contributed by atoms with E-state index in [1.165, 1.54) is 62.2 Å². The Morgan fingerprint density at radius 3 is 2.22 bits per heavy atom. The predicted octanol–water partition coefficient (Wildman–Crippen LogP) is 12.6. The number of allylic oxidation sites excluding steroid dienone is 11. The van der Waals surface area contributed by atoms with Crippen molar-refractivity contribution in [2.75, 3.05) is 9.80 Å². The van der Waals surface area contributed by atoms with Crippen LogP contribution in [0, 0.1) is 5.92 Å². The van der Waals surface area contributed by atoms with Crippen molar-refractivity contribution in [1.29, 1.82) is 0 Å². The van der Waals surface area contributed by atoms with E-state index >= 15 is 0 Å². The fourth-order valence-electron chi connectivity index (χ4n) is 7.66. The van der Waals surface area contributed by atoms with Crippen LogP contribution in [-0.2, 0) is 0 Å². The summed E-state index contributed by atoms with van der Waals surface area (Å²) < 4.78 is 0. The van der Waals surface area contributed by atoms with E-state index in [0.717, 1.165) is 24.2 Å². The summed E-state index contributed by atoms with van der Waals surface area (Å²) in [4.78, 5) is 4.84. The van der Waals surface area contributed by atoms with E-state index in [4.69, 9.17) is 0 Å². The molecule has 0 heterocycles. The maximum Gasteiger partial charge on any atom is 0.0540 e. The molecule has 0 amide bonds. The molecule has 0 aromatic heterocycles. The smallest absolute Gasteiger partial charge is 0.0540 e. The average molecular weight is 631 g/mol. The van der Waals surface area contributed by atoms with E-state index in [9.17, 15) is 0 Å². The maximum atomic E-state index is 2.45. The van der Waals surface area contributed by atoms with Crippen LogP contribution >= 0.6 is 0 Å². The number of rotatable bonds is 7. The third kappa shape index (κ3) is 5.60. The van der Waals surface area contributed by atoms with E-state index in [1.54, 1.807) is 0 Å². The Hall–Kier alpha value is -5.86. The molecule has 1 fully saturated rings. The topological polar surface area (TPSA) is 6.48 Å². The Bertz CT molecular complexity index is 2250. The highest BCUT2D eigenvalue weighted by atomic mass is 15.2. The average Bonchev–Trinajstić information content (AvgIpc) is 4.01. The number of hydrogen-bond donors (Lipinski definition) is 0. The summed E-state index contributed by atoms with van der Waals surface area (Å²) in [7, 11) is 0. The molecule has 1 saturated carbocycles. The molecule has 0 saturated heterocycles. The van der Waals surface area contributed by atoms with Crippen molar-refractivity contribution in [3.63, 3.8) is 0 Å². The Kier molecular flexibility index (Phi) is 7.55. The first-order valence-corrected chi connectivity index (χ1v) is 17.5. The molecule has 2 atom stereocenters. The van der Waals surface area contributed by atoms with Crippen molar-refractivity contribution >= 4 is 45.2 Å². The second-order valence-corrected chi connectivity index (χ2v) is 13.2. The summed E-state index contributed by atoms with van der Waals surface area (Å²) in [5.74, 6) is 1.31. The van der Waals surface area contributed by atoms with Gasteiger partial charge in [-0.3, -0.25) is 0 Å². The molecular weight excluding hydrogens is 593 g/mol. The van der Waals surface area contributed by atoms with Crippen LogP contribution in [0.4, 0.5) is 22.7 Å². The van der Waals surface area contributed by atoms with Gasteiger partial charge in [-0.1, -0.05) is 121 Å². The van der Waals surface area contributed by atoms with E-state index in [0.29, 0.717) is 11.8 Å². The normalized spacial score (nSPS) is 18.8. The summed E-state index contributed by atoms with van der Waals surface area (Å²) >= 11 is 0. The predicted molar refractivity (Wildman–Crippen MR) is 208 cm³/mol. The second-order valence-electron chi connectivity index (χ2n) is 13.2. The molecule has 0 N–H and O–H groups in total. The molecule has 0 aliphatic heterocycles. The van der Waals surface area contributed by atoms with Gasteiger partial charge in [0.15, 0.2) is 0 Å². The van der Waals surface area contributed by atoms with Gasteiger partial charge >= 0.3 is 0 Å². The second kappa shape index (κ2) is 12.6. The maximum absolute atomic E-state index is 2.45. The highest BCUT2D eigenvalue weighted by Crippen LogP contribution is 2.56. The molecule has 9 rings (SSSR count). The SMILES string of the molecule is C1=CCC=CC(N(C2=CC=C(c3ccc(N(c4ccccc4)c4cccc5c4C4CC4C=C5)cc3)CC=C2)c2cccc3ccccc23)=C1. The third-order valence-electron chi connectivity index (χ3n) is 10.2. The lowest BCUT2D eigenvalue weighted by atomic mass is 9.94. The molecule has 4 aliphatic carbocycles. The van der Waals surface area contributed by atoms with Gasteiger partial charge in [-0.05, 0) is 119 Å². The molecule has 5 aromatic carbocycles. The van der Waals surface area contributed by atoms with Crippen molar-refractivity contribution in [2.24, 2.45) is 5.92 Å². The molecule has 4 aliphatic rings. The first kappa shape index (κ1) is 29.3. The fourth-order valence-corrected chi connectivity index (χ4v) is 7.66. The summed E-state index contributed by atoms with van der Waals surface area (Å²) in [6, 6.07) is 42.0. The zero-order valence-corrected chi connectivity index (χ0v) is 27.5. The van der Waals surface area contributed by atoms with Gasteiger partial charge in [0.1, 0.15) is 0 Å². The molecule has 0 spiro atoms. The van der Waals surface area contributed by atoms with Gasteiger partial charge in [-0.2, -0.15) is 0 Å². The first-order valence-electron chi connectivity index (χ1n) is 17.5. The lowest BCUT2D eigenvalue weighted by Gasteiger charge is -2.29. The monoisotopic (exact) mass is 630 g/mol. The first-order chi connectivity index (χ1) is 24.3. The van der Waals surface area contributed by atoms with Gasteiger partial charge in [0.05, 0.1) is 11.4 Å². The van der Waals surface area contributed by atoms with Crippen LogP contribution in [0.1, 0.15) is 41.9 Å². The molecule has 0 bridgehead atoms. The number of hydrogen-bond acceptors (Lipinski definition) is 2. The fraction of sp³-hybridized carbons (Fsp3) is 0.106. The standard InChI is InChI=1S/C47H38N2/c1-2-5-18-39(17-4-1)48(45-23-11-15-36-13-8-9-22-43(36)45)41-21-10-14-34(27-30-41)35-28-31-42(32-29-35)49(40-19-6-3-7-20-40)46-24-12-16-37-25-26-38-33-44(38)47(37)46/h1,3-13,15-32,38,44H,2,14,33H2. The van der Waals surface area contributed by atoms with Gasteiger partial charge in [0, 0.05) is 28.2 Å². The third-order valence-corrected chi connectivity index (χ3v) is 10.2. The summed E-state index contributed by atoms with van der Waals surface area (Å²) in [5.41, 5.74) is 12.5. The van der Waals surface area contributed by atoms with Crippen molar-refractivity contribution in [1.82, 2.24) is 0 Å². The van der Waals surface area contributed by atoms with Crippen molar-refractivity contribution in [3.8, 4) is 0 Å². The van der Waals surface area contributed by atoms with Crippen LogP contribution in [0.3, 0.4) is 0 Å². The van der Waals surface area contributed by atoms with Gasteiger partial charge in [-0.25, -0.2) is 0 Å². The van der Waals surface area contributed by atoms with E-state index < -0.39 is 0 Å². The molecule has 2 nitrogen and oxygen atoms in total. The molecule has 0 radical (unpaired) electrons. The van der Waals surface area contributed by atoms with Crippen molar-refractivity contribution in [2.45, 2.75) is 25.2 Å². The van der Waals surface area contributed by atoms with Gasteiger partial charge in [0.2, 0.25) is 0 Å². The quantitative estimate of drug-likeness (QED) is 0.177. The number of para-hydroxylation sites is 1. The minimum Gasteiger partial charge on any atom is -0.310 e. The highest BCUT2D eigenvalue weighted by Gasteiger charge is 2.41. The van der Waals surface area contributed by atoms with Crippen molar-refractivity contribution in [3.05, 3.63) is 204 Å². The van der Waals surface area contributed by atoms with E-state index in [-0.39, 0.29) is 0 Å².